The molecule has 1 unspecified atom stereocenters. The molecule has 0 saturated carbocycles. The number of likely N-dealkylation sites (tertiary alicyclic amines) is 1. The normalized spacial score (nSPS) is 16.9. The van der Waals surface area contributed by atoms with Gasteiger partial charge in [0.2, 0.25) is 5.91 Å². The summed E-state index contributed by atoms with van der Waals surface area (Å²) < 4.78 is 0. The molecule has 0 aromatic heterocycles. The molecular formula is C19H30N2O. The maximum absolute atomic E-state index is 12.0. The van der Waals surface area contributed by atoms with E-state index in [0.29, 0.717) is 18.4 Å². The first-order valence-corrected chi connectivity index (χ1v) is 8.63. The summed E-state index contributed by atoms with van der Waals surface area (Å²) >= 11 is 0. The predicted octanol–water partition coefficient (Wildman–Crippen LogP) is 3.68. The lowest BCUT2D eigenvalue weighted by molar-refractivity contribution is -0.121. The van der Waals surface area contributed by atoms with E-state index in [4.69, 9.17) is 0 Å². The van der Waals surface area contributed by atoms with Gasteiger partial charge in [-0.3, -0.25) is 9.69 Å². The topological polar surface area (TPSA) is 32.3 Å². The Bertz CT molecular complexity index is 461. The van der Waals surface area contributed by atoms with E-state index in [1.165, 1.54) is 24.0 Å². The number of nitrogens with zero attached hydrogens (tertiary/aromatic N) is 1. The molecule has 122 valence electrons. The quantitative estimate of drug-likeness (QED) is 0.833. The Morgan fingerprint density at radius 1 is 1.18 bits per heavy atom. The van der Waals surface area contributed by atoms with Gasteiger partial charge in [0.15, 0.2) is 0 Å². The van der Waals surface area contributed by atoms with Gasteiger partial charge in [-0.25, -0.2) is 0 Å². The lowest BCUT2D eigenvalue weighted by Crippen LogP contribution is -2.36. The van der Waals surface area contributed by atoms with Gasteiger partial charge in [0.25, 0.3) is 0 Å². The average Bonchev–Trinajstić information content (AvgIpc) is 3.01. The first kappa shape index (κ1) is 17.0. The lowest BCUT2D eigenvalue weighted by atomic mass is 10.0. The molecular weight excluding hydrogens is 272 g/mol. The molecule has 1 atom stereocenters. The standard InChI is InChI=1S/C19H30N2O/c1-15(2)6-11-19(22)20-14-18(21-12-4-5-13-21)17-9-7-16(3)8-10-17/h7-10,15,18H,4-6,11-14H2,1-3H3,(H,20,22). The second-order valence-electron chi connectivity index (χ2n) is 6.91. The summed E-state index contributed by atoms with van der Waals surface area (Å²) in [5.41, 5.74) is 2.60. The fraction of sp³-hybridized carbons (Fsp3) is 0.632. The molecule has 1 aromatic carbocycles. The van der Waals surface area contributed by atoms with Crippen LogP contribution in [0.15, 0.2) is 24.3 Å². The molecule has 1 fully saturated rings. The van der Waals surface area contributed by atoms with E-state index in [0.717, 1.165) is 26.1 Å². The molecule has 0 spiro atoms. The largest absolute Gasteiger partial charge is 0.354 e. The van der Waals surface area contributed by atoms with Crippen molar-refractivity contribution in [2.45, 2.75) is 52.5 Å². The Hall–Kier alpha value is -1.35. The molecule has 2 rings (SSSR count). The summed E-state index contributed by atoms with van der Waals surface area (Å²) in [5.74, 6) is 0.766. The van der Waals surface area contributed by atoms with Crippen molar-refractivity contribution in [2.75, 3.05) is 19.6 Å². The SMILES string of the molecule is Cc1ccc(C(CNC(=O)CCC(C)C)N2CCCC2)cc1. The molecule has 0 bridgehead atoms. The Balaban J connectivity index is 1.96. The zero-order chi connectivity index (χ0) is 15.9. The molecule has 0 aliphatic carbocycles. The van der Waals surface area contributed by atoms with Gasteiger partial charge < -0.3 is 5.32 Å². The van der Waals surface area contributed by atoms with Crippen molar-refractivity contribution < 1.29 is 4.79 Å². The van der Waals surface area contributed by atoms with E-state index in [2.05, 4.69) is 55.3 Å². The fourth-order valence-electron chi connectivity index (χ4n) is 3.02. The van der Waals surface area contributed by atoms with Crippen molar-refractivity contribution >= 4 is 5.91 Å². The van der Waals surface area contributed by atoms with Gasteiger partial charge in [-0.05, 0) is 50.8 Å². The van der Waals surface area contributed by atoms with Gasteiger partial charge >= 0.3 is 0 Å². The maximum Gasteiger partial charge on any atom is 0.220 e. The van der Waals surface area contributed by atoms with E-state index >= 15 is 0 Å². The summed E-state index contributed by atoms with van der Waals surface area (Å²) in [4.78, 5) is 14.5. The number of rotatable bonds is 7. The van der Waals surface area contributed by atoms with Gasteiger partial charge in [-0.2, -0.15) is 0 Å². The zero-order valence-corrected chi connectivity index (χ0v) is 14.3. The number of benzene rings is 1. The molecule has 1 amide bonds. The molecule has 1 aromatic rings. The van der Waals surface area contributed by atoms with E-state index in [1.807, 2.05) is 0 Å². The van der Waals surface area contributed by atoms with Gasteiger partial charge in [0.1, 0.15) is 0 Å². The second kappa shape index (κ2) is 8.33. The van der Waals surface area contributed by atoms with Crippen LogP contribution in [0.25, 0.3) is 0 Å². The van der Waals surface area contributed by atoms with E-state index in [1.54, 1.807) is 0 Å². The van der Waals surface area contributed by atoms with E-state index in [9.17, 15) is 4.79 Å². The number of amides is 1. The lowest BCUT2D eigenvalue weighted by Gasteiger charge is -2.28. The van der Waals surface area contributed by atoms with Crippen LogP contribution in [0.3, 0.4) is 0 Å². The molecule has 3 nitrogen and oxygen atoms in total. The molecule has 1 aliphatic rings. The summed E-state index contributed by atoms with van der Waals surface area (Å²) in [7, 11) is 0. The molecule has 1 saturated heterocycles. The molecule has 0 radical (unpaired) electrons. The summed E-state index contributed by atoms with van der Waals surface area (Å²) in [6, 6.07) is 9.06. The van der Waals surface area contributed by atoms with Crippen molar-refractivity contribution in [1.29, 1.82) is 0 Å². The Labute approximate surface area is 135 Å². The van der Waals surface area contributed by atoms with Crippen molar-refractivity contribution in [3.8, 4) is 0 Å². The van der Waals surface area contributed by atoms with Crippen LogP contribution in [-0.4, -0.2) is 30.4 Å². The number of nitrogens with one attached hydrogen (secondary N) is 1. The average molecular weight is 302 g/mol. The summed E-state index contributed by atoms with van der Waals surface area (Å²) in [6.07, 6.45) is 4.14. The molecule has 1 N–H and O–H groups in total. The number of carbonyl (C=O) groups is 1. The minimum absolute atomic E-state index is 0.185. The smallest absolute Gasteiger partial charge is 0.220 e. The monoisotopic (exact) mass is 302 g/mol. The van der Waals surface area contributed by atoms with Crippen molar-refractivity contribution in [3.05, 3.63) is 35.4 Å². The number of carbonyl (C=O) groups excluding carboxylic acids is 1. The summed E-state index contributed by atoms with van der Waals surface area (Å²) in [6.45, 7) is 9.43. The van der Waals surface area contributed by atoms with Crippen LogP contribution < -0.4 is 5.32 Å². The zero-order valence-electron chi connectivity index (χ0n) is 14.3. The van der Waals surface area contributed by atoms with Crippen molar-refractivity contribution in [1.82, 2.24) is 10.2 Å². The minimum atomic E-state index is 0.185. The first-order chi connectivity index (χ1) is 10.6. The second-order valence-corrected chi connectivity index (χ2v) is 6.91. The highest BCUT2D eigenvalue weighted by Gasteiger charge is 2.23. The maximum atomic E-state index is 12.0. The molecule has 3 heteroatoms. The molecule has 1 heterocycles. The van der Waals surface area contributed by atoms with Gasteiger partial charge in [-0.15, -0.1) is 0 Å². The van der Waals surface area contributed by atoms with Crippen LogP contribution in [-0.2, 0) is 4.79 Å². The highest BCUT2D eigenvalue weighted by Crippen LogP contribution is 2.25. The van der Waals surface area contributed by atoms with Crippen LogP contribution in [0.5, 0.6) is 0 Å². The number of hydrogen-bond donors (Lipinski definition) is 1. The van der Waals surface area contributed by atoms with Crippen LogP contribution in [0.2, 0.25) is 0 Å². The van der Waals surface area contributed by atoms with Crippen LogP contribution in [0.1, 0.15) is 56.7 Å². The number of aryl methyl sites for hydroxylation is 1. The van der Waals surface area contributed by atoms with Gasteiger partial charge in [0, 0.05) is 13.0 Å². The van der Waals surface area contributed by atoms with E-state index < -0.39 is 0 Å². The highest BCUT2D eigenvalue weighted by molar-refractivity contribution is 5.75. The van der Waals surface area contributed by atoms with Crippen LogP contribution in [0.4, 0.5) is 0 Å². The third-order valence-electron chi connectivity index (χ3n) is 4.48. The van der Waals surface area contributed by atoms with Crippen LogP contribution >= 0.6 is 0 Å². The Kier molecular flexibility index (Phi) is 6.44. The highest BCUT2D eigenvalue weighted by atomic mass is 16.1. The molecule has 1 aliphatic heterocycles. The third-order valence-corrected chi connectivity index (χ3v) is 4.48. The van der Waals surface area contributed by atoms with Crippen LogP contribution in [0, 0.1) is 12.8 Å². The van der Waals surface area contributed by atoms with Gasteiger partial charge in [0.05, 0.1) is 6.04 Å². The summed E-state index contributed by atoms with van der Waals surface area (Å²) in [5, 5.41) is 3.15. The third kappa shape index (κ3) is 5.13. The Morgan fingerprint density at radius 3 is 2.41 bits per heavy atom. The molecule has 22 heavy (non-hydrogen) atoms. The minimum Gasteiger partial charge on any atom is -0.354 e. The predicted molar refractivity (Wildman–Crippen MR) is 91.8 cm³/mol. The first-order valence-electron chi connectivity index (χ1n) is 8.63. The van der Waals surface area contributed by atoms with Crippen molar-refractivity contribution in [3.63, 3.8) is 0 Å². The van der Waals surface area contributed by atoms with E-state index in [-0.39, 0.29) is 5.91 Å². The van der Waals surface area contributed by atoms with Gasteiger partial charge in [-0.1, -0.05) is 43.7 Å². The fourth-order valence-corrected chi connectivity index (χ4v) is 3.02. The number of hydrogen-bond acceptors (Lipinski definition) is 2. The Morgan fingerprint density at radius 2 is 1.82 bits per heavy atom. The van der Waals surface area contributed by atoms with Crippen molar-refractivity contribution in [2.24, 2.45) is 5.92 Å².